The standard InChI is InChI=1S/C15H19ClF3NO4/c1-14(2)6-24-13(23)10(11(14)21)12(22)20-7-3-4-9(16)8(5-7)15(17,18)19/h7-10H,3-6H2,1-2H3,(H,20,22). The van der Waals surface area contributed by atoms with Crippen LogP contribution in [0.3, 0.4) is 0 Å². The summed E-state index contributed by atoms with van der Waals surface area (Å²) in [7, 11) is 0. The maximum Gasteiger partial charge on any atom is 0.393 e. The van der Waals surface area contributed by atoms with Crippen LogP contribution in [0.2, 0.25) is 0 Å². The number of cyclic esters (lactones) is 1. The van der Waals surface area contributed by atoms with Gasteiger partial charge in [0.15, 0.2) is 11.7 Å². The van der Waals surface area contributed by atoms with Crippen LogP contribution in [-0.4, -0.2) is 41.9 Å². The van der Waals surface area contributed by atoms with E-state index in [-0.39, 0.29) is 25.9 Å². The molecule has 0 bridgehead atoms. The first-order chi connectivity index (χ1) is 10.9. The fraction of sp³-hybridized carbons (Fsp3) is 0.800. The minimum Gasteiger partial charge on any atom is -0.464 e. The first-order valence-corrected chi connectivity index (χ1v) is 8.09. The maximum absolute atomic E-state index is 13.0. The van der Waals surface area contributed by atoms with Crippen molar-refractivity contribution >= 4 is 29.3 Å². The molecule has 1 amide bonds. The number of rotatable bonds is 2. The second kappa shape index (κ2) is 6.54. The van der Waals surface area contributed by atoms with Gasteiger partial charge in [-0.1, -0.05) is 0 Å². The molecule has 1 aliphatic heterocycles. The molecule has 9 heteroatoms. The Labute approximate surface area is 142 Å². The Bertz CT molecular complexity index is 549. The lowest BCUT2D eigenvalue weighted by Gasteiger charge is -2.36. The molecule has 2 aliphatic rings. The summed E-state index contributed by atoms with van der Waals surface area (Å²) in [6.07, 6.45) is -4.49. The second-order valence-corrected chi connectivity index (χ2v) is 7.53. The Morgan fingerprint density at radius 2 is 1.92 bits per heavy atom. The third-order valence-electron chi connectivity index (χ3n) is 4.54. The molecule has 1 saturated heterocycles. The molecule has 1 N–H and O–H groups in total. The Balaban J connectivity index is 2.06. The smallest absolute Gasteiger partial charge is 0.393 e. The predicted molar refractivity (Wildman–Crippen MR) is 78.2 cm³/mol. The monoisotopic (exact) mass is 369 g/mol. The van der Waals surface area contributed by atoms with E-state index in [4.69, 9.17) is 16.3 Å². The lowest BCUT2D eigenvalue weighted by molar-refractivity contribution is -0.183. The van der Waals surface area contributed by atoms with Gasteiger partial charge < -0.3 is 10.1 Å². The maximum atomic E-state index is 13.0. The van der Waals surface area contributed by atoms with Crippen molar-refractivity contribution in [2.24, 2.45) is 17.3 Å². The SMILES string of the molecule is CC1(C)COC(=O)C(C(=O)NC2CCC(Cl)C(C(F)(F)F)C2)C1=O. The van der Waals surface area contributed by atoms with Crippen molar-refractivity contribution in [2.45, 2.75) is 50.7 Å². The molecule has 24 heavy (non-hydrogen) atoms. The minimum atomic E-state index is -4.46. The van der Waals surface area contributed by atoms with E-state index < -0.39 is 52.5 Å². The number of alkyl halides is 4. The molecule has 1 heterocycles. The minimum absolute atomic E-state index is 0.0885. The largest absolute Gasteiger partial charge is 0.464 e. The molecule has 5 nitrogen and oxygen atoms in total. The number of ketones is 1. The van der Waals surface area contributed by atoms with E-state index in [1.54, 1.807) is 13.8 Å². The topological polar surface area (TPSA) is 72.5 Å². The third-order valence-corrected chi connectivity index (χ3v) is 5.06. The van der Waals surface area contributed by atoms with E-state index in [1.807, 2.05) is 0 Å². The fourth-order valence-electron chi connectivity index (χ4n) is 3.02. The second-order valence-electron chi connectivity index (χ2n) is 6.97. The van der Waals surface area contributed by atoms with Crippen LogP contribution in [-0.2, 0) is 19.1 Å². The summed E-state index contributed by atoms with van der Waals surface area (Å²) in [5, 5.41) is 1.35. The third kappa shape index (κ3) is 3.84. The summed E-state index contributed by atoms with van der Waals surface area (Å²) in [5.74, 6) is -5.82. The van der Waals surface area contributed by atoms with Crippen molar-refractivity contribution in [2.75, 3.05) is 6.61 Å². The molecule has 1 aliphatic carbocycles. The summed E-state index contributed by atoms with van der Waals surface area (Å²) in [4.78, 5) is 36.3. The average Bonchev–Trinajstić information content (AvgIpc) is 2.45. The number of hydrogen-bond donors (Lipinski definition) is 1. The molecule has 0 aromatic carbocycles. The van der Waals surface area contributed by atoms with Crippen molar-refractivity contribution < 1.29 is 32.3 Å². The van der Waals surface area contributed by atoms with Crippen LogP contribution in [0.1, 0.15) is 33.1 Å². The highest BCUT2D eigenvalue weighted by atomic mass is 35.5. The molecule has 2 rings (SSSR count). The van der Waals surface area contributed by atoms with Gasteiger partial charge in [-0.3, -0.25) is 14.4 Å². The molecule has 2 fully saturated rings. The van der Waals surface area contributed by atoms with Gasteiger partial charge in [0.1, 0.15) is 6.61 Å². The Hall–Kier alpha value is -1.31. The molecule has 0 aromatic heterocycles. The van der Waals surface area contributed by atoms with E-state index >= 15 is 0 Å². The van der Waals surface area contributed by atoms with Gasteiger partial charge in [0, 0.05) is 11.4 Å². The molecule has 136 valence electrons. The van der Waals surface area contributed by atoms with Crippen LogP contribution in [0.5, 0.6) is 0 Å². The van der Waals surface area contributed by atoms with Gasteiger partial charge in [0.25, 0.3) is 0 Å². The number of amides is 1. The van der Waals surface area contributed by atoms with E-state index in [2.05, 4.69) is 5.32 Å². The first-order valence-electron chi connectivity index (χ1n) is 7.65. The molecule has 1 saturated carbocycles. The Kier molecular flexibility index (Phi) is 5.18. The molecule has 0 radical (unpaired) electrons. The van der Waals surface area contributed by atoms with Crippen molar-refractivity contribution in [1.29, 1.82) is 0 Å². The predicted octanol–water partition coefficient (Wildman–Crippen LogP) is 2.21. The number of nitrogens with one attached hydrogen (secondary N) is 1. The Morgan fingerprint density at radius 1 is 1.29 bits per heavy atom. The molecular weight excluding hydrogens is 351 g/mol. The highest BCUT2D eigenvalue weighted by molar-refractivity contribution is 6.21. The van der Waals surface area contributed by atoms with Gasteiger partial charge in [-0.2, -0.15) is 13.2 Å². The van der Waals surface area contributed by atoms with Crippen LogP contribution in [0, 0.1) is 17.3 Å². The van der Waals surface area contributed by atoms with Crippen LogP contribution >= 0.6 is 11.6 Å². The Morgan fingerprint density at radius 3 is 2.50 bits per heavy atom. The number of carbonyl (C=O) groups is 3. The number of esters is 1. The number of halogens is 4. The summed E-state index contributed by atoms with van der Waals surface area (Å²) >= 11 is 5.74. The summed E-state index contributed by atoms with van der Waals surface area (Å²) in [6.45, 7) is 2.96. The van der Waals surface area contributed by atoms with E-state index in [9.17, 15) is 27.6 Å². The number of carbonyl (C=O) groups excluding carboxylic acids is 3. The lowest BCUT2D eigenvalue weighted by Crippen LogP contribution is -2.54. The van der Waals surface area contributed by atoms with Crippen LogP contribution in [0.25, 0.3) is 0 Å². The lowest BCUT2D eigenvalue weighted by atomic mass is 9.79. The van der Waals surface area contributed by atoms with Gasteiger partial charge in [-0.05, 0) is 33.1 Å². The van der Waals surface area contributed by atoms with Crippen LogP contribution in [0.4, 0.5) is 13.2 Å². The molecule has 0 spiro atoms. The molecule has 4 unspecified atom stereocenters. The zero-order valence-electron chi connectivity index (χ0n) is 13.3. The van der Waals surface area contributed by atoms with Gasteiger partial charge in [0.2, 0.25) is 5.91 Å². The van der Waals surface area contributed by atoms with E-state index in [0.717, 1.165) is 0 Å². The first kappa shape index (κ1) is 19.0. The highest BCUT2D eigenvalue weighted by Gasteiger charge is 2.50. The quantitative estimate of drug-likeness (QED) is 0.460. The van der Waals surface area contributed by atoms with Crippen molar-refractivity contribution in [3.8, 4) is 0 Å². The fourth-order valence-corrected chi connectivity index (χ4v) is 3.39. The molecular formula is C15H19ClF3NO4. The van der Waals surface area contributed by atoms with Gasteiger partial charge in [-0.25, -0.2) is 0 Å². The number of Topliss-reactive ketones (excluding diaryl/α,β-unsaturated/α-hetero) is 1. The number of ether oxygens (including phenoxy) is 1. The van der Waals surface area contributed by atoms with Gasteiger partial charge in [-0.15, -0.1) is 11.6 Å². The summed E-state index contributed by atoms with van der Waals surface area (Å²) in [5.41, 5.74) is -1.00. The van der Waals surface area contributed by atoms with Crippen molar-refractivity contribution in [3.05, 3.63) is 0 Å². The molecule has 4 atom stereocenters. The number of hydrogen-bond acceptors (Lipinski definition) is 4. The summed E-state index contributed by atoms with van der Waals surface area (Å²) in [6, 6.07) is -0.787. The van der Waals surface area contributed by atoms with Crippen LogP contribution in [0.15, 0.2) is 0 Å². The van der Waals surface area contributed by atoms with E-state index in [1.165, 1.54) is 0 Å². The van der Waals surface area contributed by atoms with Gasteiger partial charge >= 0.3 is 12.1 Å². The van der Waals surface area contributed by atoms with Crippen molar-refractivity contribution in [3.63, 3.8) is 0 Å². The summed E-state index contributed by atoms with van der Waals surface area (Å²) < 4.78 is 43.7. The van der Waals surface area contributed by atoms with Gasteiger partial charge in [0.05, 0.1) is 11.3 Å². The van der Waals surface area contributed by atoms with E-state index in [0.29, 0.717) is 0 Å². The zero-order valence-corrected chi connectivity index (χ0v) is 14.0. The normalized spacial score (nSPS) is 33.8. The zero-order chi connectivity index (χ0) is 18.3. The van der Waals surface area contributed by atoms with Crippen LogP contribution < -0.4 is 5.32 Å². The highest BCUT2D eigenvalue weighted by Crippen LogP contribution is 2.40. The average molecular weight is 370 g/mol. The molecule has 0 aromatic rings. The van der Waals surface area contributed by atoms with Crippen molar-refractivity contribution in [1.82, 2.24) is 5.32 Å².